The Morgan fingerprint density at radius 1 is 1.36 bits per heavy atom. The fourth-order valence-corrected chi connectivity index (χ4v) is 3.73. The maximum Gasteiger partial charge on any atom is 0.320 e. The van der Waals surface area contributed by atoms with Crippen LogP contribution in [0.2, 0.25) is 0 Å². The summed E-state index contributed by atoms with van der Waals surface area (Å²) in [4.78, 5) is 13.9. The third kappa shape index (κ3) is 6.98. The molecule has 0 aliphatic carbocycles. The van der Waals surface area contributed by atoms with Gasteiger partial charge >= 0.3 is 5.97 Å². The first kappa shape index (κ1) is 20.2. The summed E-state index contributed by atoms with van der Waals surface area (Å²) in [5.74, 6) is 1.56. The third-order valence-corrected chi connectivity index (χ3v) is 5.60. The fourth-order valence-electron chi connectivity index (χ4n) is 3.38. The second-order valence-electron chi connectivity index (χ2n) is 6.76. The highest BCUT2D eigenvalue weighted by Crippen LogP contribution is 2.26. The molecule has 140 valence electrons. The first-order valence-electron chi connectivity index (χ1n) is 9.36. The molecule has 2 rings (SSSR count). The van der Waals surface area contributed by atoms with Gasteiger partial charge in [0.05, 0.1) is 19.8 Å². The number of hydrogen-bond acceptors (Lipinski definition) is 4. The highest BCUT2D eigenvalue weighted by atomic mass is 79.9. The van der Waals surface area contributed by atoms with Crippen LogP contribution in [0.4, 0.5) is 0 Å². The molecule has 0 N–H and O–H groups in total. The average molecular weight is 412 g/mol. The Kier molecular flexibility index (Phi) is 8.76. The van der Waals surface area contributed by atoms with Crippen molar-refractivity contribution in [3.8, 4) is 5.75 Å². The first-order chi connectivity index (χ1) is 12.1. The van der Waals surface area contributed by atoms with Crippen LogP contribution in [0.15, 0.2) is 22.7 Å². The number of esters is 1. The summed E-state index contributed by atoms with van der Waals surface area (Å²) in [5.41, 5.74) is 1.16. The van der Waals surface area contributed by atoms with Crippen LogP contribution >= 0.6 is 15.9 Å². The highest BCUT2D eigenvalue weighted by Gasteiger charge is 2.21. The molecule has 0 radical (unpaired) electrons. The van der Waals surface area contributed by atoms with E-state index in [1.165, 1.54) is 25.7 Å². The largest absolute Gasteiger partial charge is 0.493 e. The Morgan fingerprint density at radius 3 is 3.00 bits per heavy atom. The maximum absolute atomic E-state index is 11.6. The number of piperidine rings is 1. The molecular formula is C20H30BrNO3. The SMILES string of the molecule is CCOC(=O)CN1CCC[C@@H](CCCCOc2cccc(Br)c2C)C1. The Balaban J connectivity index is 1.62. The molecule has 0 aromatic heterocycles. The van der Waals surface area contributed by atoms with Gasteiger partial charge in [-0.1, -0.05) is 22.0 Å². The van der Waals surface area contributed by atoms with Crippen molar-refractivity contribution in [3.05, 3.63) is 28.2 Å². The first-order valence-corrected chi connectivity index (χ1v) is 10.1. The van der Waals surface area contributed by atoms with Crippen molar-refractivity contribution in [1.82, 2.24) is 4.90 Å². The Hall–Kier alpha value is -1.07. The summed E-state index contributed by atoms with van der Waals surface area (Å²) < 4.78 is 12.1. The van der Waals surface area contributed by atoms with Crippen LogP contribution in [0.25, 0.3) is 0 Å². The number of benzene rings is 1. The summed E-state index contributed by atoms with van der Waals surface area (Å²) in [7, 11) is 0. The molecule has 1 aliphatic heterocycles. The molecule has 4 nitrogen and oxygen atoms in total. The zero-order chi connectivity index (χ0) is 18.1. The number of hydrogen-bond donors (Lipinski definition) is 0. The summed E-state index contributed by atoms with van der Waals surface area (Å²) in [6, 6.07) is 6.06. The summed E-state index contributed by atoms with van der Waals surface area (Å²) in [6.45, 7) is 7.62. The molecule has 1 atom stereocenters. The van der Waals surface area contributed by atoms with Gasteiger partial charge in [0, 0.05) is 16.6 Å². The van der Waals surface area contributed by atoms with Crippen molar-refractivity contribution in [2.45, 2.75) is 46.0 Å². The molecular weight excluding hydrogens is 382 g/mol. The van der Waals surface area contributed by atoms with Crippen LogP contribution in [-0.2, 0) is 9.53 Å². The van der Waals surface area contributed by atoms with Gasteiger partial charge in [0.1, 0.15) is 5.75 Å². The van der Waals surface area contributed by atoms with Crippen molar-refractivity contribution < 1.29 is 14.3 Å². The topological polar surface area (TPSA) is 38.8 Å². The lowest BCUT2D eigenvalue weighted by Crippen LogP contribution is -2.39. The Labute approximate surface area is 160 Å². The van der Waals surface area contributed by atoms with Gasteiger partial charge in [0.2, 0.25) is 0 Å². The van der Waals surface area contributed by atoms with Crippen LogP contribution in [0.3, 0.4) is 0 Å². The second-order valence-corrected chi connectivity index (χ2v) is 7.61. The minimum atomic E-state index is -0.0964. The quantitative estimate of drug-likeness (QED) is 0.440. The molecule has 1 heterocycles. The molecule has 1 aromatic rings. The molecule has 0 unspecified atom stereocenters. The number of rotatable bonds is 9. The van der Waals surface area contributed by atoms with E-state index in [1.807, 2.05) is 25.1 Å². The number of halogens is 1. The lowest BCUT2D eigenvalue weighted by Gasteiger charge is -2.32. The van der Waals surface area contributed by atoms with Crippen molar-refractivity contribution in [2.24, 2.45) is 5.92 Å². The molecule has 1 aliphatic rings. The molecule has 1 saturated heterocycles. The number of ether oxygens (including phenoxy) is 2. The van der Waals surface area contributed by atoms with Gasteiger partial charge in [0.15, 0.2) is 0 Å². The molecule has 1 aromatic carbocycles. The highest BCUT2D eigenvalue weighted by molar-refractivity contribution is 9.10. The van der Waals surface area contributed by atoms with E-state index < -0.39 is 0 Å². The number of unbranched alkanes of at least 4 members (excludes halogenated alkanes) is 1. The molecule has 0 saturated carbocycles. The molecule has 0 spiro atoms. The van der Waals surface area contributed by atoms with E-state index in [-0.39, 0.29) is 5.97 Å². The second kappa shape index (κ2) is 10.8. The van der Waals surface area contributed by atoms with E-state index in [2.05, 4.69) is 27.8 Å². The van der Waals surface area contributed by atoms with Crippen LogP contribution in [-0.4, -0.2) is 43.7 Å². The monoisotopic (exact) mass is 411 g/mol. The predicted octanol–water partition coefficient (Wildman–Crippen LogP) is 4.58. The van der Waals surface area contributed by atoms with E-state index in [4.69, 9.17) is 9.47 Å². The normalized spacial score (nSPS) is 18.1. The summed E-state index contributed by atoms with van der Waals surface area (Å²) in [6.07, 6.45) is 5.90. The van der Waals surface area contributed by atoms with Crippen molar-refractivity contribution >= 4 is 21.9 Å². The summed E-state index contributed by atoms with van der Waals surface area (Å²) in [5, 5.41) is 0. The van der Waals surface area contributed by atoms with Crippen LogP contribution in [0, 0.1) is 12.8 Å². The van der Waals surface area contributed by atoms with Gasteiger partial charge in [-0.3, -0.25) is 9.69 Å². The number of carbonyl (C=O) groups is 1. The fraction of sp³-hybridized carbons (Fsp3) is 0.650. The number of likely N-dealkylation sites (tertiary alicyclic amines) is 1. The Morgan fingerprint density at radius 2 is 2.20 bits per heavy atom. The lowest BCUT2D eigenvalue weighted by molar-refractivity contribution is -0.144. The van der Waals surface area contributed by atoms with Crippen LogP contribution in [0.1, 0.15) is 44.6 Å². The standard InChI is InChI=1S/C20H30BrNO3/c1-3-24-20(23)15-22-12-7-9-17(14-22)8-4-5-13-25-19-11-6-10-18(21)16(19)2/h6,10-11,17H,3-5,7-9,12-15H2,1-2H3/t17-/m1/s1. The molecule has 1 fully saturated rings. The zero-order valence-corrected chi connectivity index (χ0v) is 17.0. The smallest absolute Gasteiger partial charge is 0.320 e. The predicted molar refractivity (Wildman–Crippen MR) is 104 cm³/mol. The zero-order valence-electron chi connectivity index (χ0n) is 15.4. The van der Waals surface area contributed by atoms with Crippen molar-refractivity contribution in [1.29, 1.82) is 0 Å². The van der Waals surface area contributed by atoms with Gasteiger partial charge in [-0.25, -0.2) is 0 Å². The van der Waals surface area contributed by atoms with E-state index in [1.54, 1.807) is 0 Å². The van der Waals surface area contributed by atoms with Crippen LogP contribution < -0.4 is 4.74 Å². The minimum absolute atomic E-state index is 0.0964. The van der Waals surface area contributed by atoms with Gasteiger partial charge in [-0.05, 0) is 70.5 Å². The van der Waals surface area contributed by atoms with Crippen LogP contribution in [0.5, 0.6) is 5.75 Å². The summed E-state index contributed by atoms with van der Waals surface area (Å²) >= 11 is 3.54. The van der Waals surface area contributed by atoms with Crippen molar-refractivity contribution in [2.75, 3.05) is 32.8 Å². The number of carbonyl (C=O) groups excluding carboxylic acids is 1. The van der Waals surface area contributed by atoms with E-state index >= 15 is 0 Å². The number of nitrogens with zero attached hydrogens (tertiary/aromatic N) is 1. The lowest BCUT2D eigenvalue weighted by atomic mass is 9.93. The Bertz CT molecular complexity index is 550. The van der Waals surface area contributed by atoms with Gasteiger partial charge < -0.3 is 9.47 Å². The van der Waals surface area contributed by atoms with Crippen molar-refractivity contribution in [3.63, 3.8) is 0 Å². The van der Waals surface area contributed by atoms with E-state index in [0.29, 0.717) is 19.1 Å². The maximum atomic E-state index is 11.6. The van der Waals surface area contributed by atoms with E-state index in [0.717, 1.165) is 41.9 Å². The van der Waals surface area contributed by atoms with Gasteiger partial charge in [-0.2, -0.15) is 0 Å². The third-order valence-electron chi connectivity index (χ3n) is 4.74. The van der Waals surface area contributed by atoms with E-state index in [9.17, 15) is 4.79 Å². The average Bonchev–Trinajstić information content (AvgIpc) is 2.59. The molecule has 5 heteroatoms. The molecule has 0 amide bonds. The molecule has 25 heavy (non-hydrogen) atoms. The molecule has 0 bridgehead atoms. The van der Waals surface area contributed by atoms with Gasteiger partial charge in [-0.15, -0.1) is 0 Å². The van der Waals surface area contributed by atoms with Gasteiger partial charge in [0.25, 0.3) is 0 Å². The minimum Gasteiger partial charge on any atom is -0.493 e.